The van der Waals surface area contributed by atoms with Crippen LogP contribution in [0.25, 0.3) is 0 Å². The van der Waals surface area contributed by atoms with Gasteiger partial charge in [0, 0.05) is 24.7 Å². The Balaban J connectivity index is 1.93. The molecule has 1 aliphatic carbocycles. The molecule has 1 saturated carbocycles. The van der Waals surface area contributed by atoms with E-state index in [-0.39, 0.29) is 23.8 Å². The lowest BCUT2D eigenvalue weighted by Gasteiger charge is -2.41. The minimum Gasteiger partial charge on any atom is -0.388 e. The van der Waals surface area contributed by atoms with E-state index >= 15 is 0 Å². The third-order valence-electron chi connectivity index (χ3n) is 5.33. The van der Waals surface area contributed by atoms with Gasteiger partial charge in [0.1, 0.15) is 0 Å². The predicted molar refractivity (Wildman–Crippen MR) is 98.5 cm³/mol. The van der Waals surface area contributed by atoms with Crippen molar-refractivity contribution >= 4 is 11.8 Å². The molecule has 25 heavy (non-hydrogen) atoms. The normalized spacial score (nSPS) is 23.8. The zero-order chi connectivity index (χ0) is 18.7. The number of aliphatic hydroxyl groups is 1. The highest BCUT2D eigenvalue weighted by molar-refractivity contribution is 5.99. The molecule has 138 valence electrons. The molecule has 0 aliphatic heterocycles. The first-order valence-corrected chi connectivity index (χ1v) is 8.97. The summed E-state index contributed by atoms with van der Waals surface area (Å²) in [5.41, 5.74) is 0.286. The number of hydrogen-bond donors (Lipinski definition) is 3. The Morgan fingerprint density at radius 2 is 1.72 bits per heavy atom. The molecule has 5 nitrogen and oxygen atoms in total. The average Bonchev–Trinajstić information content (AvgIpc) is 2.58. The molecule has 0 bridgehead atoms. The van der Waals surface area contributed by atoms with E-state index in [2.05, 4.69) is 31.4 Å². The van der Waals surface area contributed by atoms with E-state index in [9.17, 15) is 14.7 Å². The molecule has 1 aliphatic rings. The van der Waals surface area contributed by atoms with Gasteiger partial charge in [0.15, 0.2) is 0 Å². The lowest BCUT2D eigenvalue weighted by atomic mass is 9.68. The first kappa shape index (κ1) is 19.4. The van der Waals surface area contributed by atoms with Crippen molar-refractivity contribution in [1.29, 1.82) is 0 Å². The molecule has 1 aromatic carbocycles. The van der Waals surface area contributed by atoms with Crippen molar-refractivity contribution in [2.24, 2.45) is 11.3 Å². The molecule has 0 radical (unpaired) electrons. The van der Waals surface area contributed by atoms with Crippen molar-refractivity contribution in [3.63, 3.8) is 0 Å². The monoisotopic (exact) mass is 346 g/mol. The van der Waals surface area contributed by atoms with Gasteiger partial charge >= 0.3 is 0 Å². The SMILES string of the molecule is CNC(=O)c1cccc(C(=O)NCC2(O)CCC(C(C)(C)C)CC2)c1. The maximum atomic E-state index is 12.4. The van der Waals surface area contributed by atoms with E-state index in [4.69, 9.17) is 0 Å². The fraction of sp³-hybridized carbons (Fsp3) is 0.600. The standard InChI is InChI=1S/C20H30N2O3/c1-19(2,3)16-8-10-20(25,11-9-16)13-22-18(24)15-7-5-6-14(12-15)17(23)21-4/h5-7,12,16,25H,8-11,13H2,1-4H3,(H,21,23)(H,22,24). The van der Waals surface area contributed by atoms with Gasteiger partial charge in [-0.15, -0.1) is 0 Å². The van der Waals surface area contributed by atoms with Gasteiger partial charge in [-0.2, -0.15) is 0 Å². The van der Waals surface area contributed by atoms with Gasteiger partial charge in [-0.1, -0.05) is 26.8 Å². The Morgan fingerprint density at radius 3 is 2.24 bits per heavy atom. The molecule has 0 unspecified atom stereocenters. The number of nitrogens with one attached hydrogen (secondary N) is 2. The van der Waals surface area contributed by atoms with E-state index in [0.717, 1.165) is 12.8 Å². The van der Waals surface area contributed by atoms with Gasteiger partial charge in [0.05, 0.1) is 5.60 Å². The maximum Gasteiger partial charge on any atom is 0.251 e. The highest BCUT2D eigenvalue weighted by Gasteiger charge is 2.37. The molecular weight excluding hydrogens is 316 g/mol. The lowest BCUT2D eigenvalue weighted by molar-refractivity contribution is -0.0228. The molecule has 3 N–H and O–H groups in total. The molecule has 5 heteroatoms. The highest BCUT2D eigenvalue weighted by atomic mass is 16.3. The maximum absolute atomic E-state index is 12.4. The quantitative estimate of drug-likeness (QED) is 0.784. The number of carbonyl (C=O) groups is 2. The van der Waals surface area contributed by atoms with Gasteiger partial charge < -0.3 is 15.7 Å². The summed E-state index contributed by atoms with van der Waals surface area (Å²) < 4.78 is 0. The number of carbonyl (C=O) groups excluding carboxylic acids is 2. The average molecular weight is 346 g/mol. The van der Waals surface area contributed by atoms with E-state index in [1.165, 1.54) is 0 Å². The van der Waals surface area contributed by atoms with Gasteiger partial charge in [-0.3, -0.25) is 9.59 Å². The van der Waals surface area contributed by atoms with E-state index < -0.39 is 5.60 Å². The molecular formula is C20H30N2O3. The Morgan fingerprint density at radius 1 is 1.16 bits per heavy atom. The second-order valence-corrected chi connectivity index (χ2v) is 8.21. The molecule has 1 fully saturated rings. The number of amides is 2. The van der Waals surface area contributed by atoms with Crippen LogP contribution in [0, 0.1) is 11.3 Å². The second kappa shape index (κ2) is 7.56. The Kier molecular flexibility index (Phi) is 5.88. The highest BCUT2D eigenvalue weighted by Crippen LogP contribution is 2.41. The van der Waals surface area contributed by atoms with Crippen LogP contribution < -0.4 is 10.6 Å². The number of benzene rings is 1. The van der Waals surface area contributed by atoms with Crippen LogP contribution in [-0.2, 0) is 0 Å². The molecule has 0 heterocycles. The zero-order valence-electron chi connectivity index (χ0n) is 15.7. The van der Waals surface area contributed by atoms with Crippen molar-refractivity contribution in [2.75, 3.05) is 13.6 Å². The lowest BCUT2D eigenvalue weighted by Crippen LogP contribution is -2.46. The van der Waals surface area contributed by atoms with E-state index in [1.807, 2.05) is 0 Å². The predicted octanol–water partition coefficient (Wildman–Crippen LogP) is 2.74. The first-order valence-electron chi connectivity index (χ1n) is 8.97. The van der Waals surface area contributed by atoms with Crippen LogP contribution in [0.5, 0.6) is 0 Å². The zero-order valence-corrected chi connectivity index (χ0v) is 15.7. The largest absolute Gasteiger partial charge is 0.388 e. The van der Waals surface area contributed by atoms with E-state index in [1.54, 1.807) is 31.3 Å². The van der Waals surface area contributed by atoms with Crippen molar-refractivity contribution in [2.45, 2.75) is 52.1 Å². The summed E-state index contributed by atoms with van der Waals surface area (Å²) in [6.45, 7) is 6.96. The molecule has 0 atom stereocenters. The summed E-state index contributed by atoms with van der Waals surface area (Å²) in [4.78, 5) is 24.0. The van der Waals surface area contributed by atoms with Gasteiger partial charge in [0.25, 0.3) is 11.8 Å². The first-order chi connectivity index (χ1) is 11.6. The van der Waals surface area contributed by atoms with Gasteiger partial charge in [-0.05, 0) is 55.2 Å². The van der Waals surface area contributed by atoms with Crippen LogP contribution in [0.3, 0.4) is 0 Å². The molecule has 0 aromatic heterocycles. The minimum absolute atomic E-state index is 0.228. The minimum atomic E-state index is -0.837. The summed E-state index contributed by atoms with van der Waals surface area (Å²) in [7, 11) is 1.55. The van der Waals surface area contributed by atoms with Crippen LogP contribution in [-0.4, -0.2) is 36.1 Å². The molecule has 2 rings (SSSR count). The fourth-order valence-electron chi connectivity index (χ4n) is 3.49. The number of rotatable bonds is 4. The van der Waals surface area contributed by atoms with Crippen LogP contribution in [0.4, 0.5) is 0 Å². The van der Waals surface area contributed by atoms with Crippen LogP contribution in [0.1, 0.15) is 67.2 Å². The summed E-state index contributed by atoms with van der Waals surface area (Å²) in [5, 5.41) is 16.1. The summed E-state index contributed by atoms with van der Waals surface area (Å²) in [6.07, 6.45) is 3.35. The van der Waals surface area contributed by atoms with E-state index in [0.29, 0.717) is 29.9 Å². The van der Waals surface area contributed by atoms with Crippen molar-refractivity contribution in [3.8, 4) is 0 Å². The smallest absolute Gasteiger partial charge is 0.251 e. The Labute approximate surface area is 150 Å². The van der Waals surface area contributed by atoms with Crippen LogP contribution in [0.2, 0.25) is 0 Å². The Hall–Kier alpha value is -1.88. The topological polar surface area (TPSA) is 78.4 Å². The summed E-state index contributed by atoms with van der Waals surface area (Å²) in [6, 6.07) is 6.58. The van der Waals surface area contributed by atoms with Gasteiger partial charge in [0.2, 0.25) is 0 Å². The van der Waals surface area contributed by atoms with Crippen molar-refractivity contribution in [3.05, 3.63) is 35.4 Å². The summed E-state index contributed by atoms with van der Waals surface area (Å²) >= 11 is 0. The summed E-state index contributed by atoms with van der Waals surface area (Å²) in [5.74, 6) is 0.110. The third kappa shape index (κ3) is 5.05. The van der Waals surface area contributed by atoms with Gasteiger partial charge in [-0.25, -0.2) is 0 Å². The molecule has 2 amide bonds. The third-order valence-corrected chi connectivity index (χ3v) is 5.33. The van der Waals surface area contributed by atoms with Crippen LogP contribution in [0.15, 0.2) is 24.3 Å². The van der Waals surface area contributed by atoms with Crippen molar-refractivity contribution in [1.82, 2.24) is 10.6 Å². The van der Waals surface area contributed by atoms with Crippen LogP contribution >= 0.6 is 0 Å². The molecule has 1 aromatic rings. The molecule has 0 saturated heterocycles. The fourth-order valence-corrected chi connectivity index (χ4v) is 3.49. The second-order valence-electron chi connectivity index (χ2n) is 8.21. The Bertz CT molecular complexity index is 626. The number of hydrogen-bond acceptors (Lipinski definition) is 3. The van der Waals surface area contributed by atoms with Crippen molar-refractivity contribution < 1.29 is 14.7 Å². The molecule has 0 spiro atoms.